The van der Waals surface area contributed by atoms with Crippen molar-refractivity contribution in [3.8, 4) is 5.75 Å². The minimum Gasteiger partial charge on any atom is -0.473 e. The third-order valence-corrected chi connectivity index (χ3v) is 2.53. The lowest BCUT2D eigenvalue weighted by Crippen LogP contribution is -2.41. The van der Waals surface area contributed by atoms with Crippen molar-refractivity contribution in [3.05, 3.63) is 29.8 Å². The summed E-state index contributed by atoms with van der Waals surface area (Å²) in [5.74, 6) is 0.760. The number of nitrogens with zero attached hydrogens (tertiary/aromatic N) is 1. The largest absolute Gasteiger partial charge is 0.473 e. The van der Waals surface area contributed by atoms with Gasteiger partial charge in [-0.1, -0.05) is 17.7 Å². The van der Waals surface area contributed by atoms with Gasteiger partial charge in [-0.05, 0) is 32.9 Å². The van der Waals surface area contributed by atoms with Gasteiger partial charge in [0, 0.05) is 13.1 Å². The highest BCUT2D eigenvalue weighted by atomic mass is 16.5. The summed E-state index contributed by atoms with van der Waals surface area (Å²) in [6, 6.07) is 7.63. The molecule has 1 aromatic carbocycles. The van der Waals surface area contributed by atoms with Gasteiger partial charge in [0.15, 0.2) is 6.73 Å². The second-order valence-corrected chi connectivity index (χ2v) is 3.76. The highest BCUT2D eigenvalue weighted by molar-refractivity contribution is 5.73. The molecular weight excluding hydrogens is 216 g/mol. The van der Waals surface area contributed by atoms with Gasteiger partial charge in [0.2, 0.25) is 0 Å². The molecule has 17 heavy (non-hydrogen) atoms. The van der Waals surface area contributed by atoms with Crippen LogP contribution in [0.1, 0.15) is 19.4 Å². The topological polar surface area (TPSA) is 41.6 Å². The summed E-state index contributed by atoms with van der Waals surface area (Å²) in [5.41, 5.74) is 1.18. The van der Waals surface area contributed by atoms with E-state index in [1.54, 1.807) is 4.90 Å². The van der Waals surface area contributed by atoms with Gasteiger partial charge in [0.1, 0.15) is 5.75 Å². The quantitative estimate of drug-likeness (QED) is 0.797. The summed E-state index contributed by atoms with van der Waals surface area (Å²) in [5, 5.41) is 2.71. The lowest BCUT2D eigenvalue weighted by atomic mass is 10.2. The predicted molar refractivity (Wildman–Crippen MR) is 68.1 cm³/mol. The Kier molecular flexibility index (Phi) is 5.33. The van der Waals surface area contributed by atoms with Crippen molar-refractivity contribution >= 4 is 6.03 Å². The summed E-state index contributed by atoms with van der Waals surface area (Å²) in [4.78, 5) is 13.3. The number of carbonyl (C=O) groups is 1. The Balaban J connectivity index is 2.32. The lowest BCUT2D eigenvalue weighted by Gasteiger charge is -2.19. The number of nitrogens with one attached hydrogen (secondary N) is 1. The number of benzene rings is 1. The molecule has 0 heterocycles. The molecule has 0 aliphatic carbocycles. The monoisotopic (exact) mass is 236 g/mol. The second-order valence-electron chi connectivity index (χ2n) is 3.76. The molecule has 4 heteroatoms. The predicted octanol–water partition coefficient (Wildman–Crippen LogP) is 2.38. The SMILES string of the molecule is CCN(CC)C(=O)NCOc1ccc(C)cc1. The molecular formula is C13H20N2O2. The molecule has 0 saturated carbocycles. The van der Waals surface area contributed by atoms with Crippen molar-refractivity contribution < 1.29 is 9.53 Å². The highest BCUT2D eigenvalue weighted by Gasteiger charge is 2.07. The van der Waals surface area contributed by atoms with Crippen molar-refractivity contribution in [1.82, 2.24) is 10.2 Å². The van der Waals surface area contributed by atoms with E-state index in [1.807, 2.05) is 45.0 Å². The van der Waals surface area contributed by atoms with Crippen molar-refractivity contribution in [3.63, 3.8) is 0 Å². The van der Waals surface area contributed by atoms with Gasteiger partial charge < -0.3 is 15.0 Å². The summed E-state index contributed by atoms with van der Waals surface area (Å²) in [6.45, 7) is 7.51. The number of carbonyl (C=O) groups excluding carboxylic acids is 1. The molecule has 0 bridgehead atoms. The van der Waals surface area contributed by atoms with Gasteiger partial charge in [-0.25, -0.2) is 4.79 Å². The number of aryl methyl sites for hydroxylation is 1. The number of hydrogen-bond acceptors (Lipinski definition) is 2. The van der Waals surface area contributed by atoms with Crippen LogP contribution in [0.2, 0.25) is 0 Å². The number of urea groups is 1. The molecule has 1 N–H and O–H groups in total. The minimum atomic E-state index is -0.0953. The van der Waals surface area contributed by atoms with Gasteiger partial charge in [-0.3, -0.25) is 0 Å². The first kappa shape index (κ1) is 13.4. The molecule has 0 spiro atoms. The van der Waals surface area contributed by atoms with Crippen LogP contribution in [0.25, 0.3) is 0 Å². The van der Waals surface area contributed by atoms with Crippen LogP contribution in [-0.4, -0.2) is 30.8 Å². The fraction of sp³-hybridized carbons (Fsp3) is 0.462. The average molecular weight is 236 g/mol. The summed E-state index contributed by atoms with van der Waals surface area (Å²) in [7, 11) is 0. The normalized spacial score (nSPS) is 9.82. The summed E-state index contributed by atoms with van der Waals surface area (Å²) in [6.07, 6.45) is 0. The van der Waals surface area contributed by atoms with Crippen LogP contribution < -0.4 is 10.1 Å². The number of ether oxygens (including phenoxy) is 1. The summed E-state index contributed by atoms with van der Waals surface area (Å²) >= 11 is 0. The van der Waals surface area contributed by atoms with E-state index in [2.05, 4.69) is 5.32 Å². The number of amides is 2. The molecule has 4 nitrogen and oxygen atoms in total. The Morgan fingerprint density at radius 1 is 1.24 bits per heavy atom. The van der Waals surface area contributed by atoms with Crippen LogP contribution in [0.4, 0.5) is 4.79 Å². The minimum absolute atomic E-state index is 0.0953. The fourth-order valence-corrected chi connectivity index (χ4v) is 1.44. The maximum absolute atomic E-state index is 11.6. The molecule has 1 rings (SSSR count). The van der Waals surface area contributed by atoms with E-state index in [0.717, 1.165) is 5.75 Å². The van der Waals surface area contributed by atoms with E-state index in [9.17, 15) is 4.79 Å². The maximum atomic E-state index is 11.6. The molecule has 0 atom stereocenters. The Labute approximate surface area is 103 Å². The van der Waals surface area contributed by atoms with E-state index < -0.39 is 0 Å². The molecule has 0 aliphatic rings. The molecule has 0 aliphatic heterocycles. The van der Waals surface area contributed by atoms with Crippen LogP contribution in [0, 0.1) is 6.92 Å². The van der Waals surface area contributed by atoms with Gasteiger partial charge in [-0.15, -0.1) is 0 Å². The Hall–Kier alpha value is -1.71. The number of hydrogen-bond donors (Lipinski definition) is 1. The smallest absolute Gasteiger partial charge is 0.319 e. The standard InChI is InChI=1S/C13H20N2O2/c1-4-15(5-2)13(16)14-10-17-12-8-6-11(3)7-9-12/h6-9H,4-5,10H2,1-3H3,(H,14,16). The fourth-order valence-electron chi connectivity index (χ4n) is 1.44. The van der Waals surface area contributed by atoms with Crippen LogP contribution >= 0.6 is 0 Å². The molecule has 0 aromatic heterocycles. The van der Waals surface area contributed by atoms with E-state index in [1.165, 1.54) is 5.56 Å². The molecule has 94 valence electrons. The zero-order valence-corrected chi connectivity index (χ0v) is 10.7. The lowest BCUT2D eigenvalue weighted by molar-refractivity contribution is 0.189. The van der Waals surface area contributed by atoms with Gasteiger partial charge >= 0.3 is 6.03 Å². The molecule has 0 fully saturated rings. The Bertz CT molecular complexity index is 345. The molecule has 0 unspecified atom stereocenters. The van der Waals surface area contributed by atoms with Gasteiger partial charge in [-0.2, -0.15) is 0 Å². The Morgan fingerprint density at radius 3 is 2.35 bits per heavy atom. The number of rotatable bonds is 5. The van der Waals surface area contributed by atoms with Gasteiger partial charge in [0.05, 0.1) is 0 Å². The Morgan fingerprint density at radius 2 is 1.82 bits per heavy atom. The average Bonchev–Trinajstić information content (AvgIpc) is 2.33. The van der Waals surface area contributed by atoms with Gasteiger partial charge in [0.25, 0.3) is 0 Å². The van der Waals surface area contributed by atoms with Crippen molar-refractivity contribution in [1.29, 1.82) is 0 Å². The van der Waals surface area contributed by atoms with Crippen LogP contribution in [0.15, 0.2) is 24.3 Å². The van der Waals surface area contributed by atoms with E-state index in [4.69, 9.17) is 4.74 Å². The second kappa shape index (κ2) is 6.78. The first-order chi connectivity index (χ1) is 8.17. The van der Waals surface area contributed by atoms with Crippen LogP contribution in [0.3, 0.4) is 0 Å². The third kappa shape index (κ3) is 4.34. The molecule has 1 aromatic rings. The highest BCUT2D eigenvalue weighted by Crippen LogP contribution is 2.10. The maximum Gasteiger partial charge on any atom is 0.319 e. The van der Waals surface area contributed by atoms with Crippen molar-refractivity contribution in [2.75, 3.05) is 19.8 Å². The summed E-state index contributed by atoms with van der Waals surface area (Å²) < 4.78 is 5.41. The third-order valence-electron chi connectivity index (χ3n) is 2.53. The van der Waals surface area contributed by atoms with Crippen LogP contribution in [0.5, 0.6) is 5.75 Å². The zero-order chi connectivity index (χ0) is 12.7. The van der Waals surface area contributed by atoms with Crippen LogP contribution in [-0.2, 0) is 0 Å². The molecule has 0 radical (unpaired) electrons. The zero-order valence-electron chi connectivity index (χ0n) is 10.7. The molecule has 0 saturated heterocycles. The first-order valence-corrected chi connectivity index (χ1v) is 5.89. The molecule has 2 amide bonds. The van der Waals surface area contributed by atoms with E-state index in [-0.39, 0.29) is 12.8 Å². The van der Waals surface area contributed by atoms with E-state index in [0.29, 0.717) is 13.1 Å². The van der Waals surface area contributed by atoms with E-state index >= 15 is 0 Å². The van der Waals surface area contributed by atoms with Crippen molar-refractivity contribution in [2.24, 2.45) is 0 Å². The first-order valence-electron chi connectivity index (χ1n) is 5.89. The van der Waals surface area contributed by atoms with Crippen molar-refractivity contribution in [2.45, 2.75) is 20.8 Å².